The normalized spacial score (nSPS) is 27.4. The average molecular weight is 308 g/mol. The lowest BCUT2D eigenvalue weighted by atomic mass is 9.83. The summed E-state index contributed by atoms with van der Waals surface area (Å²) >= 11 is 0. The molecule has 1 aromatic carbocycles. The maximum absolute atomic E-state index is 12.9. The molecule has 0 bridgehead atoms. The monoisotopic (exact) mass is 307 g/mol. The van der Waals surface area contributed by atoms with Crippen molar-refractivity contribution < 1.29 is 4.21 Å². The van der Waals surface area contributed by atoms with Crippen LogP contribution in [-0.2, 0) is 16.6 Å². The summed E-state index contributed by atoms with van der Waals surface area (Å²) in [6, 6.07) is 10.7. The molecule has 0 aromatic heterocycles. The van der Waals surface area contributed by atoms with Crippen LogP contribution in [0.4, 0.5) is 0 Å². The highest BCUT2D eigenvalue weighted by atomic mass is 32.2. The van der Waals surface area contributed by atoms with Gasteiger partial charge in [-0.1, -0.05) is 57.0 Å². The number of benzene rings is 1. The van der Waals surface area contributed by atoms with Crippen molar-refractivity contribution in [2.24, 2.45) is 5.92 Å². The fourth-order valence-corrected chi connectivity index (χ4v) is 5.33. The first-order chi connectivity index (χ1) is 10.2. The summed E-state index contributed by atoms with van der Waals surface area (Å²) in [5, 5.41) is 3.89. The summed E-state index contributed by atoms with van der Waals surface area (Å²) < 4.78 is 12.9. The molecule has 2 nitrogen and oxygen atoms in total. The van der Waals surface area contributed by atoms with E-state index >= 15 is 0 Å². The first-order valence-corrected chi connectivity index (χ1v) is 9.77. The van der Waals surface area contributed by atoms with Gasteiger partial charge < -0.3 is 5.32 Å². The van der Waals surface area contributed by atoms with Crippen LogP contribution in [0.3, 0.4) is 0 Å². The quantitative estimate of drug-likeness (QED) is 0.828. The Morgan fingerprint density at radius 2 is 1.95 bits per heavy atom. The van der Waals surface area contributed by atoms with Crippen molar-refractivity contribution in [2.45, 2.75) is 63.0 Å². The van der Waals surface area contributed by atoms with Gasteiger partial charge in [0.25, 0.3) is 0 Å². The second-order valence-corrected chi connectivity index (χ2v) is 7.84. The van der Waals surface area contributed by atoms with Crippen molar-refractivity contribution in [1.29, 1.82) is 0 Å². The average Bonchev–Trinajstić information content (AvgIpc) is 2.50. The van der Waals surface area contributed by atoms with Crippen molar-refractivity contribution in [1.82, 2.24) is 5.32 Å². The molecule has 0 amide bonds. The van der Waals surface area contributed by atoms with Gasteiger partial charge in [-0.2, -0.15) is 0 Å². The molecule has 4 unspecified atom stereocenters. The minimum absolute atomic E-state index is 0.315. The topological polar surface area (TPSA) is 29.1 Å². The third-order valence-electron chi connectivity index (χ3n) is 4.55. The maximum Gasteiger partial charge on any atom is 0.0507 e. The molecule has 1 saturated carbocycles. The molecular weight excluding hydrogens is 278 g/mol. The molecule has 0 heterocycles. The van der Waals surface area contributed by atoms with Crippen molar-refractivity contribution in [3.05, 3.63) is 35.9 Å². The molecule has 1 fully saturated rings. The molecule has 1 aromatic rings. The minimum Gasteiger partial charge on any atom is -0.313 e. The van der Waals surface area contributed by atoms with E-state index in [-0.39, 0.29) is 0 Å². The third kappa shape index (κ3) is 4.93. The molecule has 1 aliphatic carbocycles. The second kappa shape index (κ2) is 8.70. The highest BCUT2D eigenvalue weighted by molar-refractivity contribution is 7.84. The molecule has 1 N–H and O–H groups in total. The van der Waals surface area contributed by atoms with Gasteiger partial charge in [0.15, 0.2) is 0 Å². The van der Waals surface area contributed by atoms with Crippen LogP contribution in [0, 0.1) is 5.92 Å². The Balaban J connectivity index is 2.02. The van der Waals surface area contributed by atoms with Crippen LogP contribution in [0.2, 0.25) is 0 Å². The Labute approximate surface area is 132 Å². The minimum atomic E-state index is -0.776. The van der Waals surface area contributed by atoms with Gasteiger partial charge in [0.2, 0.25) is 0 Å². The summed E-state index contributed by atoms with van der Waals surface area (Å²) in [6.45, 7) is 5.38. The van der Waals surface area contributed by atoms with E-state index in [1.54, 1.807) is 0 Å². The van der Waals surface area contributed by atoms with E-state index in [1.807, 2.05) is 18.2 Å². The first kappa shape index (κ1) is 16.7. The van der Waals surface area contributed by atoms with E-state index in [0.29, 0.717) is 17.0 Å². The predicted molar refractivity (Wildman–Crippen MR) is 91.8 cm³/mol. The van der Waals surface area contributed by atoms with E-state index in [1.165, 1.54) is 31.2 Å². The largest absolute Gasteiger partial charge is 0.313 e. The Kier molecular flexibility index (Phi) is 6.91. The lowest BCUT2D eigenvalue weighted by Gasteiger charge is -2.36. The zero-order chi connectivity index (χ0) is 15.1. The van der Waals surface area contributed by atoms with Gasteiger partial charge >= 0.3 is 0 Å². The molecular formula is C18H29NOS. The molecule has 21 heavy (non-hydrogen) atoms. The fraction of sp³-hybridized carbons (Fsp3) is 0.667. The smallest absolute Gasteiger partial charge is 0.0507 e. The Morgan fingerprint density at radius 1 is 1.19 bits per heavy atom. The van der Waals surface area contributed by atoms with Gasteiger partial charge in [-0.05, 0) is 37.3 Å². The maximum atomic E-state index is 12.9. The fourth-order valence-electron chi connectivity index (χ4n) is 3.51. The molecule has 1 aliphatic rings. The summed E-state index contributed by atoms with van der Waals surface area (Å²) in [5.41, 5.74) is 1.20. The molecule has 3 heteroatoms. The van der Waals surface area contributed by atoms with E-state index in [4.69, 9.17) is 0 Å². The Morgan fingerprint density at radius 3 is 2.62 bits per heavy atom. The number of nitrogens with one attached hydrogen (secondary N) is 1. The van der Waals surface area contributed by atoms with Gasteiger partial charge in [-0.25, -0.2) is 0 Å². The first-order valence-electron chi connectivity index (χ1n) is 8.39. The zero-order valence-corrected chi connectivity index (χ0v) is 14.2. The van der Waals surface area contributed by atoms with Crippen molar-refractivity contribution in [2.75, 3.05) is 6.54 Å². The standard InChI is InChI=1S/C18H29NOS/c1-3-8-15-11-12-17(19-4-2)18(13-15)21(20)14-16-9-6-5-7-10-16/h5-7,9-10,15,17-19H,3-4,8,11-14H2,1-2H3. The van der Waals surface area contributed by atoms with Gasteiger partial charge in [-0.15, -0.1) is 0 Å². The lowest BCUT2D eigenvalue weighted by Crippen LogP contribution is -2.46. The van der Waals surface area contributed by atoms with Gasteiger partial charge in [0.05, 0.1) is 5.25 Å². The highest BCUT2D eigenvalue weighted by Gasteiger charge is 2.33. The number of hydrogen-bond donors (Lipinski definition) is 1. The summed E-state index contributed by atoms with van der Waals surface area (Å²) in [7, 11) is -0.776. The van der Waals surface area contributed by atoms with E-state index in [0.717, 1.165) is 18.9 Å². The SMILES string of the molecule is CCCC1CCC(NCC)C(S(=O)Cc2ccccc2)C1. The predicted octanol–water partition coefficient (Wildman–Crippen LogP) is 3.88. The lowest BCUT2D eigenvalue weighted by molar-refractivity contribution is 0.286. The molecule has 0 radical (unpaired) electrons. The molecule has 0 spiro atoms. The Hall–Kier alpha value is -0.670. The molecule has 0 aliphatic heterocycles. The van der Waals surface area contributed by atoms with Gasteiger partial charge in [-0.3, -0.25) is 4.21 Å². The molecule has 4 atom stereocenters. The van der Waals surface area contributed by atoms with Crippen LogP contribution in [0.15, 0.2) is 30.3 Å². The van der Waals surface area contributed by atoms with Crippen molar-refractivity contribution in [3.8, 4) is 0 Å². The van der Waals surface area contributed by atoms with Crippen LogP contribution in [-0.4, -0.2) is 22.0 Å². The van der Waals surface area contributed by atoms with Crippen molar-refractivity contribution in [3.63, 3.8) is 0 Å². The van der Waals surface area contributed by atoms with Crippen LogP contribution in [0.1, 0.15) is 51.5 Å². The van der Waals surface area contributed by atoms with Gasteiger partial charge in [0, 0.05) is 22.6 Å². The number of rotatable bonds is 7. The highest BCUT2D eigenvalue weighted by Crippen LogP contribution is 2.31. The van der Waals surface area contributed by atoms with E-state index < -0.39 is 10.8 Å². The molecule has 118 valence electrons. The van der Waals surface area contributed by atoms with Crippen LogP contribution in [0.25, 0.3) is 0 Å². The summed E-state index contributed by atoms with van der Waals surface area (Å²) in [5.74, 6) is 1.47. The number of hydrogen-bond acceptors (Lipinski definition) is 2. The zero-order valence-electron chi connectivity index (χ0n) is 13.4. The Bertz CT molecular complexity index is 434. The van der Waals surface area contributed by atoms with Crippen molar-refractivity contribution >= 4 is 10.8 Å². The van der Waals surface area contributed by atoms with E-state index in [9.17, 15) is 4.21 Å². The third-order valence-corrected chi connectivity index (χ3v) is 6.37. The van der Waals surface area contributed by atoms with E-state index in [2.05, 4.69) is 31.3 Å². The van der Waals surface area contributed by atoms with Crippen LogP contribution in [0.5, 0.6) is 0 Å². The molecule has 2 rings (SSSR count). The van der Waals surface area contributed by atoms with Crippen LogP contribution >= 0.6 is 0 Å². The molecule has 0 saturated heterocycles. The summed E-state index contributed by atoms with van der Waals surface area (Å²) in [4.78, 5) is 0. The second-order valence-electron chi connectivity index (χ2n) is 6.18. The van der Waals surface area contributed by atoms with Gasteiger partial charge in [0.1, 0.15) is 0 Å². The van der Waals surface area contributed by atoms with Crippen LogP contribution < -0.4 is 5.32 Å². The summed E-state index contributed by atoms with van der Waals surface area (Å²) in [6.07, 6.45) is 6.14.